The zero-order valence-electron chi connectivity index (χ0n) is 10.1. The average molecular weight is 286 g/mol. The molecule has 6 heteroatoms. The highest BCUT2D eigenvalue weighted by Gasteiger charge is 2.12. The van der Waals surface area contributed by atoms with Gasteiger partial charge in [0, 0.05) is 19.3 Å². The highest BCUT2D eigenvalue weighted by Crippen LogP contribution is 2.25. The Balaban J connectivity index is 2.64. The van der Waals surface area contributed by atoms with Gasteiger partial charge in [0.2, 0.25) is 0 Å². The number of carbonyl (C=O) groups excluding carboxylic acids is 1. The summed E-state index contributed by atoms with van der Waals surface area (Å²) in [5.74, 6) is -0.213. The molecule has 0 aliphatic heterocycles. The van der Waals surface area contributed by atoms with Gasteiger partial charge in [-0.05, 0) is 25.1 Å². The van der Waals surface area contributed by atoms with E-state index in [1.807, 2.05) is 0 Å². The topological polar surface area (TPSA) is 56.1 Å². The normalized spacial score (nSPS) is 11.5. The zero-order valence-corrected chi connectivity index (χ0v) is 11.6. The number of nitriles is 1. The van der Waals surface area contributed by atoms with E-state index in [4.69, 9.17) is 28.5 Å². The molecule has 0 radical (unpaired) electrons. The van der Waals surface area contributed by atoms with Crippen molar-refractivity contribution in [2.75, 3.05) is 18.9 Å². The van der Waals surface area contributed by atoms with Crippen molar-refractivity contribution in [1.82, 2.24) is 4.90 Å². The number of hydrogen-bond acceptors (Lipinski definition) is 2. The summed E-state index contributed by atoms with van der Waals surface area (Å²) >= 11 is 11.6. The fraction of sp³-hybridized carbons (Fsp3) is 0.333. The van der Waals surface area contributed by atoms with Crippen molar-refractivity contribution in [1.29, 1.82) is 5.26 Å². The molecule has 0 saturated heterocycles. The minimum absolute atomic E-state index is 0.213. The molecule has 0 saturated carbocycles. The molecular formula is C12H13Cl2N3O. The number of benzene rings is 1. The molecule has 1 N–H and O–H groups in total. The van der Waals surface area contributed by atoms with Crippen LogP contribution in [-0.2, 0) is 0 Å². The largest absolute Gasteiger partial charge is 0.326 e. The minimum Gasteiger partial charge on any atom is -0.326 e. The Morgan fingerprint density at radius 2 is 2.17 bits per heavy atom. The molecular weight excluding hydrogens is 273 g/mol. The predicted molar refractivity (Wildman–Crippen MR) is 72.9 cm³/mol. The van der Waals surface area contributed by atoms with Crippen LogP contribution in [-0.4, -0.2) is 24.5 Å². The van der Waals surface area contributed by atoms with Crippen molar-refractivity contribution in [2.45, 2.75) is 6.92 Å². The highest BCUT2D eigenvalue weighted by molar-refractivity contribution is 6.42. The Hall–Kier alpha value is -1.44. The van der Waals surface area contributed by atoms with E-state index in [0.29, 0.717) is 22.3 Å². The first kappa shape index (κ1) is 14.6. The molecule has 0 heterocycles. The Labute approximate surface area is 116 Å². The van der Waals surface area contributed by atoms with Gasteiger partial charge in [-0.25, -0.2) is 4.79 Å². The standard InChI is InChI=1S/C12H13Cl2N3O/c1-8(6-15)7-17(2)12(18)16-9-3-4-10(13)11(14)5-9/h3-5,8H,7H2,1-2H3,(H,16,18). The molecule has 1 aromatic rings. The molecule has 0 fully saturated rings. The lowest BCUT2D eigenvalue weighted by atomic mass is 10.2. The molecule has 1 aromatic carbocycles. The van der Waals surface area contributed by atoms with Gasteiger partial charge in [-0.15, -0.1) is 0 Å². The van der Waals surface area contributed by atoms with Crippen LogP contribution in [0.5, 0.6) is 0 Å². The van der Waals surface area contributed by atoms with E-state index in [1.165, 1.54) is 4.90 Å². The molecule has 0 spiro atoms. The maximum atomic E-state index is 11.8. The summed E-state index contributed by atoms with van der Waals surface area (Å²) < 4.78 is 0. The van der Waals surface area contributed by atoms with Crippen molar-refractivity contribution < 1.29 is 4.79 Å². The quantitative estimate of drug-likeness (QED) is 0.922. The fourth-order valence-electron chi connectivity index (χ4n) is 1.33. The third kappa shape index (κ3) is 4.10. The van der Waals surface area contributed by atoms with Crippen molar-refractivity contribution in [3.63, 3.8) is 0 Å². The summed E-state index contributed by atoms with van der Waals surface area (Å²) in [6.07, 6.45) is 0. The van der Waals surface area contributed by atoms with E-state index in [-0.39, 0.29) is 11.9 Å². The molecule has 1 rings (SSSR count). The van der Waals surface area contributed by atoms with E-state index in [9.17, 15) is 4.79 Å². The lowest BCUT2D eigenvalue weighted by Crippen LogP contribution is -2.34. The maximum absolute atomic E-state index is 11.8. The number of halogens is 2. The van der Waals surface area contributed by atoms with Crippen molar-refractivity contribution in [3.8, 4) is 6.07 Å². The van der Waals surface area contributed by atoms with E-state index in [2.05, 4.69) is 11.4 Å². The van der Waals surface area contributed by atoms with E-state index < -0.39 is 0 Å². The number of hydrogen-bond donors (Lipinski definition) is 1. The number of amides is 2. The number of carbonyl (C=O) groups is 1. The van der Waals surface area contributed by atoms with Crippen LogP contribution in [0.2, 0.25) is 10.0 Å². The Morgan fingerprint density at radius 3 is 2.72 bits per heavy atom. The second kappa shape index (κ2) is 6.48. The Kier molecular flexibility index (Phi) is 5.26. The van der Waals surface area contributed by atoms with Crippen LogP contribution >= 0.6 is 23.2 Å². The molecule has 0 aromatic heterocycles. The van der Waals surface area contributed by atoms with Crippen LogP contribution in [0, 0.1) is 17.2 Å². The van der Waals surface area contributed by atoms with Crippen molar-refractivity contribution in [2.24, 2.45) is 5.92 Å². The van der Waals surface area contributed by atoms with Crippen molar-refractivity contribution >= 4 is 34.9 Å². The van der Waals surface area contributed by atoms with Gasteiger partial charge in [0.15, 0.2) is 0 Å². The van der Waals surface area contributed by atoms with Gasteiger partial charge in [0.25, 0.3) is 0 Å². The summed E-state index contributed by atoms with van der Waals surface area (Å²) in [5.41, 5.74) is 0.561. The van der Waals surface area contributed by atoms with Gasteiger partial charge in [-0.3, -0.25) is 0 Å². The van der Waals surface area contributed by atoms with Crippen LogP contribution in [0.4, 0.5) is 10.5 Å². The molecule has 1 atom stereocenters. The second-order valence-electron chi connectivity index (χ2n) is 3.97. The lowest BCUT2D eigenvalue weighted by molar-refractivity contribution is 0.219. The number of urea groups is 1. The summed E-state index contributed by atoms with van der Waals surface area (Å²) in [7, 11) is 1.63. The van der Waals surface area contributed by atoms with Gasteiger partial charge >= 0.3 is 6.03 Å². The Bertz CT molecular complexity index is 485. The average Bonchev–Trinajstić information content (AvgIpc) is 2.33. The van der Waals surface area contributed by atoms with Crippen LogP contribution in [0.15, 0.2) is 18.2 Å². The maximum Gasteiger partial charge on any atom is 0.321 e. The van der Waals surface area contributed by atoms with E-state index in [0.717, 1.165) is 0 Å². The summed E-state index contributed by atoms with van der Waals surface area (Å²) in [6.45, 7) is 2.12. The third-order valence-electron chi connectivity index (χ3n) is 2.29. The SMILES string of the molecule is CC(C#N)CN(C)C(=O)Nc1ccc(Cl)c(Cl)c1. The number of nitrogens with zero attached hydrogens (tertiary/aromatic N) is 2. The van der Waals surface area contributed by atoms with Gasteiger partial charge in [0.05, 0.1) is 22.0 Å². The summed E-state index contributed by atoms with van der Waals surface area (Å²) in [4.78, 5) is 13.2. The molecule has 2 amide bonds. The zero-order chi connectivity index (χ0) is 13.7. The molecule has 0 aliphatic carbocycles. The van der Waals surface area contributed by atoms with Crippen LogP contribution < -0.4 is 5.32 Å². The molecule has 4 nitrogen and oxygen atoms in total. The number of anilines is 1. The van der Waals surface area contributed by atoms with Crippen LogP contribution in [0.1, 0.15) is 6.92 Å². The molecule has 96 valence electrons. The molecule has 18 heavy (non-hydrogen) atoms. The van der Waals surface area contributed by atoms with Gasteiger partial charge in [0.1, 0.15) is 0 Å². The van der Waals surface area contributed by atoms with Gasteiger partial charge in [-0.2, -0.15) is 5.26 Å². The smallest absolute Gasteiger partial charge is 0.321 e. The number of rotatable bonds is 3. The van der Waals surface area contributed by atoms with Gasteiger partial charge < -0.3 is 10.2 Å². The first-order chi connectivity index (χ1) is 8.43. The minimum atomic E-state index is -0.296. The summed E-state index contributed by atoms with van der Waals surface area (Å²) in [6, 6.07) is 6.62. The molecule has 0 aliphatic rings. The lowest BCUT2D eigenvalue weighted by Gasteiger charge is -2.19. The predicted octanol–water partition coefficient (Wildman–Crippen LogP) is 3.62. The first-order valence-corrected chi connectivity index (χ1v) is 6.06. The van der Waals surface area contributed by atoms with Crippen molar-refractivity contribution in [3.05, 3.63) is 28.2 Å². The van der Waals surface area contributed by atoms with E-state index >= 15 is 0 Å². The van der Waals surface area contributed by atoms with E-state index in [1.54, 1.807) is 32.2 Å². The fourth-order valence-corrected chi connectivity index (χ4v) is 1.63. The first-order valence-electron chi connectivity index (χ1n) is 5.31. The number of nitrogens with one attached hydrogen (secondary N) is 1. The Morgan fingerprint density at radius 1 is 1.50 bits per heavy atom. The van der Waals surface area contributed by atoms with Crippen LogP contribution in [0.25, 0.3) is 0 Å². The van der Waals surface area contributed by atoms with Gasteiger partial charge in [-0.1, -0.05) is 23.2 Å². The molecule has 1 unspecified atom stereocenters. The second-order valence-corrected chi connectivity index (χ2v) is 4.78. The van der Waals surface area contributed by atoms with Crippen LogP contribution in [0.3, 0.4) is 0 Å². The highest BCUT2D eigenvalue weighted by atomic mass is 35.5. The summed E-state index contributed by atoms with van der Waals surface area (Å²) in [5, 5.41) is 12.2. The monoisotopic (exact) mass is 285 g/mol. The third-order valence-corrected chi connectivity index (χ3v) is 3.02. The molecule has 0 bridgehead atoms.